The van der Waals surface area contributed by atoms with Gasteiger partial charge in [-0.25, -0.2) is 4.79 Å². The van der Waals surface area contributed by atoms with Gasteiger partial charge in [0.15, 0.2) is 0 Å². The van der Waals surface area contributed by atoms with Crippen molar-refractivity contribution in [2.45, 2.75) is 88.9 Å². The van der Waals surface area contributed by atoms with Crippen LogP contribution < -0.4 is 32.7 Å². The summed E-state index contributed by atoms with van der Waals surface area (Å²) in [6.07, 6.45) is 0.180. The summed E-state index contributed by atoms with van der Waals surface area (Å²) in [5.41, 5.74) is 12.5. The van der Waals surface area contributed by atoms with Gasteiger partial charge in [-0.05, 0) is 58.2 Å². The number of hydrogen-bond acceptors (Lipinski definition) is 9. The molecular weight excluding hydrogens is 562 g/mol. The number of aromatic amines is 1. The minimum Gasteiger partial charge on any atom is -0.480 e. The average Bonchev–Trinajstić information content (AvgIpc) is 3.36. The Morgan fingerprint density at radius 3 is 2.09 bits per heavy atom. The zero-order chi connectivity index (χ0) is 32.3. The topological polar surface area (TPSA) is 262 Å². The number of aromatic nitrogens is 1. The molecule has 0 saturated heterocycles. The highest BCUT2D eigenvalue weighted by molar-refractivity contribution is 5.96. The van der Waals surface area contributed by atoms with Gasteiger partial charge in [0, 0.05) is 23.5 Å². The van der Waals surface area contributed by atoms with Crippen molar-refractivity contribution in [3.8, 4) is 0 Å². The van der Waals surface area contributed by atoms with Gasteiger partial charge in [0.25, 0.3) is 0 Å². The lowest BCUT2D eigenvalue weighted by molar-refractivity contribution is -0.142. The van der Waals surface area contributed by atoms with Crippen molar-refractivity contribution in [1.82, 2.24) is 26.3 Å². The summed E-state index contributed by atoms with van der Waals surface area (Å²) in [4.78, 5) is 66.6. The molecule has 15 heteroatoms. The van der Waals surface area contributed by atoms with E-state index in [4.69, 9.17) is 11.5 Å². The highest BCUT2D eigenvalue weighted by Gasteiger charge is 2.33. The fraction of sp³-hybridized carbons (Fsp3) is 0.536. The zero-order valence-electron chi connectivity index (χ0n) is 24.5. The van der Waals surface area contributed by atoms with E-state index >= 15 is 0 Å². The lowest BCUT2D eigenvalue weighted by atomic mass is 10.0. The number of hydrogen-bond donors (Lipinski definition) is 10. The molecule has 7 atom stereocenters. The highest BCUT2D eigenvalue weighted by Crippen LogP contribution is 2.19. The largest absolute Gasteiger partial charge is 0.480 e. The second-order valence-electron chi connectivity index (χ2n) is 10.5. The van der Waals surface area contributed by atoms with Crippen LogP contribution in [0.2, 0.25) is 0 Å². The number of nitrogens with two attached hydrogens (primary N) is 2. The molecule has 0 aliphatic rings. The lowest BCUT2D eigenvalue weighted by Gasteiger charge is -2.27. The number of aliphatic hydroxyl groups is 2. The van der Waals surface area contributed by atoms with Crippen molar-refractivity contribution < 1.29 is 39.3 Å². The van der Waals surface area contributed by atoms with Crippen LogP contribution in [0.5, 0.6) is 0 Å². The number of amides is 4. The number of nitrogens with one attached hydrogen (secondary N) is 5. The minimum absolute atomic E-state index is 0.0408. The molecular formula is C28H43N7O8. The molecule has 0 radical (unpaired) electrons. The minimum atomic E-state index is -1.55. The van der Waals surface area contributed by atoms with E-state index in [-0.39, 0.29) is 12.8 Å². The first-order chi connectivity index (χ1) is 20.3. The first kappa shape index (κ1) is 35.1. The molecule has 1 aromatic heterocycles. The molecule has 4 amide bonds. The number of aliphatic hydroxyl groups excluding tert-OH is 2. The number of fused-ring (bicyclic) bond motifs is 1. The van der Waals surface area contributed by atoms with Crippen LogP contribution in [0.25, 0.3) is 10.9 Å². The fourth-order valence-corrected chi connectivity index (χ4v) is 4.29. The number of H-pyrrole nitrogens is 1. The molecule has 2 aromatic rings. The van der Waals surface area contributed by atoms with Crippen LogP contribution in [0.15, 0.2) is 30.5 Å². The molecule has 1 aromatic carbocycles. The molecule has 0 fully saturated rings. The smallest absolute Gasteiger partial charge is 0.326 e. The van der Waals surface area contributed by atoms with Crippen molar-refractivity contribution in [3.05, 3.63) is 36.0 Å². The molecule has 0 spiro atoms. The summed E-state index contributed by atoms with van der Waals surface area (Å²) in [6, 6.07) is 0.730. The summed E-state index contributed by atoms with van der Waals surface area (Å²) >= 11 is 0. The Balaban J connectivity index is 2.26. The molecule has 238 valence electrons. The van der Waals surface area contributed by atoms with E-state index < -0.39 is 72.0 Å². The maximum Gasteiger partial charge on any atom is 0.326 e. The molecule has 0 bridgehead atoms. The Morgan fingerprint density at radius 2 is 1.49 bits per heavy atom. The fourth-order valence-electron chi connectivity index (χ4n) is 4.29. The molecule has 0 aliphatic heterocycles. The molecule has 15 nitrogen and oxygen atoms in total. The van der Waals surface area contributed by atoms with E-state index in [1.54, 1.807) is 12.3 Å². The van der Waals surface area contributed by atoms with Crippen molar-refractivity contribution in [3.63, 3.8) is 0 Å². The molecule has 0 unspecified atom stereocenters. The summed E-state index contributed by atoms with van der Waals surface area (Å²) in [5.74, 6) is -4.58. The standard InChI is InChI=1S/C28H43N7O8/c1-14(32-26(40)22(30)15(2)36)24(38)35-23(16(3)37)27(41)34-21(12-17-13-31-19-9-5-4-8-18(17)19)25(39)33-20(28(42)43)10-6-7-11-29/h4-5,8-9,13-16,20-23,31,36-37H,6-7,10-12,29-30H2,1-3H3,(H,32,40)(H,33,39)(H,34,41)(H,35,38)(H,42,43)/t14-,15+,16+,20-,21-,22-,23-/m0/s1. The van der Waals surface area contributed by atoms with Gasteiger partial charge >= 0.3 is 5.97 Å². The quantitative estimate of drug-likeness (QED) is 0.0884. The molecule has 12 N–H and O–H groups in total. The van der Waals surface area contributed by atoms with Gasteiger partial charge in [0.2, 0.25) is 23.6 Å². The molecule has 0 aliphatic carbocycles. The van der Waals surface area contributed by atoms with E-state index in [2.05, 4.69) is 26.3 Å². The van der Waals surface area contributed by atoms with Crippen LogP contribution in [-0.2, 0) is 30.4 Å². The number of carboxylic acids is 1. The Hall–Kier alpha value is -4.05. The monoisotopic (exact) mass is 605 g/mol. The number of carbonyl (C=O) groups is 5. The second-order valence-corrected chi connectivity index (χ2v) is 10.5. The van der Waals surface area contributed by atoms with Crippen LogP contribution >= 0.6 is 0 Å². The SMILES string of the molecule is C[C@H](NC(=O)[C@@H](N)[C@@H](C)O)C(=O)N[C@H](C(=O)N[C@@H](Cc1c[nH]c2ccccc12)C(=O)N[C@@H](CCCCN)C(=O)O)[C@@H](C)O. The molecule has 0 saturated carbocycles. The van der Waals surface area contributed by atoms with Crippen LogP contribution in [0.1, 0.15) is 45.6 Å². The van der Waals surface area contributed by atoms with Crippen LogP contribution in [0, 0.1) is 0 Å². The number of carboxylic acid groups (broad SMARTS) is 1. The third kappa shape index (κ3) is 10.3. The van der Waals surface area contributed by atoms with E-state index in [9.17, 15) is 39.3 Å². The predicted molar refractivity (Wildman–Crippen MR) is 157 cm³/mol. The average molecular weight is 606 g/mol. The zero-order valence-corrected chi connectivity index (χ0v) is 24.5. The number of unbranched alkanes of at least 4 members (excludes halogenated alkanes) is 1. The maximum absolute atomic E-state index is 13.4. The number of rotatable bonds is 17. The molecule has 1 heterocycles. The second kappa shape index (κ2) is 16.6. The van der Waals surface area contributed by atoms with E-state index in [0.717, 1.165) is 10.9 Å². The van der Waals surface area contributed by atoms with Crippen molar-refractivity contribution >= 4 is 40.5 Å². The number of carbonyl (C=O) groups excluding carboxylic acids is 4. The molecule has 43 heavy (non-hydrogen) atoms. The van der Waals surface area contributed by atoms with Crippen molar-refractivity contribution in [1.29, 1.82) is 0 Å². The van der Waals surface area contributed by atoms with Gasteiger partial charge in [-0.3, -0.25) is 19.2 Å². The van der Waals surface area contributed by atoms with Crippen LogP contribution in [0.4, 0.5) is 0 Å². The van der Waals surface area contributed by atoms with Crippen LogP contribution in [0.3, 0.4) is 0 Å². The van der Waals surface area contributed by atoms with Gasteiger partial charge in [-0.2, -0.15) is 0 Å². The van der Waals surface area contributed by atoms with Gasteiger partial charge in [0.1, 0.15) is 30.2 Å². The number of para-hydroxylation sites is 1. The third-order valence-corrected chi connectivity index (χ3v) is 6.93. The Bertz CT molecular complexity index is 1260. The maximum atomic E-state index is 13.4. The first-order valence-corrected chi connectivity index (χ1v) is 14.1. The Labute approximate surface area is 249 Å². The van der Waals surface area contributed by atoms with Gasteiger partial charge in [0.05, 0.1) is 12.2 Å². The van der Waals surface area contributed by atoms with Gasteiger partial charge in [-0.1, -0.05) is 18.2 Å². The van der Waals surface area contributed by atoms with Crippen LogP contribution in [-0.4, -0.2) is 98.9 Å². The third-order valence-electron chi connectivity index (χ3n) is 6.93. The van der Waals surface area contributed by atoms with Crippen molar-refractivity contribution in [2.24, 2.45) is 11.5 Å². The Kier molecular flexibility index (Phi) is 13.5. The van der Waals surface area contributed by atoms with Gasteiger partial charge in [-0.15, -0.1) is 0 Å². The summed E-state index contributed by atoms with van der Waals surface area (Å²) in [5, 5.41) is 40.0. The van der Waals surface area contributed by atoms with Crippen molar-refractivity contribution in [2.75, 3.05) is 6.54 Å². The summed E-state index contributed by atoms with van der Waals surface area (Å²) < 4.78 is 0. The van der Waals surface area contributed by atoms with E-state index in [0.29, 0.717) is 24.9 Å². The van der Waals surface area contributed by atoms with Gasteiger partial charge < -0.3 is 53.0 Å². The summed E-state index contributed by atoms with van der Waals surface area (Å²) in [6.45, 7) is 4.25. The van der Waals surface area contributed by atoms with E-state index in [1.807, 2.05) is 18.2 Å². The van der Waals surface area contributed by atoms with E-state index in [1.165, 1.54) is 20.8 Å². The first-order valence-electron chi connectivity index (χ1n) is 14.1. The predicted octanol–water partition coefficient (Wildman–Crippen LogP) is -2.03. The Morgan fingerprint density at radius 1 is 0.837 bits per heavy atom. The lowest BCUT2D eigenvalue weighted by Crippen LogP contribution is -2.61. The highest BCUT2D eigenvalue weighted by atomic mass is 16.4. The molecule has 2 rings (SSSR count). The number of aliphatic carboxylic acids is 1. The number of benzene rings is 1. The normalized spacial score (nSPS) is 16.2. The summed E-state index contributed by atoms with van der Waals surface area (Å²) in [7, 11) is 0.